The largest absolute Gasteiger partial charge is 0.494 e. The van der Waals surface area contributed by atoms with E-state index in [2.05, 4.69) is 33.4 Å². The highest BCUT2D eigenvalue weighted by molar-refractivity contribution is 9.10. The summed E-state index contributed by atoms with van der Waals surface area (Å²) in [4.78, 5) is 24.2. The van der Waals surface area contributed by atoms with E-state index >= 15 is 0 Å². The number of carbonyl (C=O) groups excluding carboxylic acids is 2. The van der Waals surface area contributed by atoms with Crippen LogP contribution >= 0.6 is 15.9 Å². The second-order valence-electron chi connectivity index (χ2n) is 7.19. The topological polar surface area (TPSA) is 86.2 Å². The lowest BCUT2D eigenvalue weighted by atomic mass is 10.2. The van der Waals surface area contributed by atoms with E-state index in [-0.39, 0.29) is 6.61 Å². The maximum atomic E-state index is 12.3. The van der Waals surface area contributed by atoms with E-state index in [4.69, 9.17) is 14.2 Å². The molecule has 176 valence electrons. The van der Waals surface area contributed by atoms with Gasteiger partial charge in [0, 0.05) is 4.47 Å². The molecule has 0 aliphatic rings. The van der Waals surface area contributed by atoms with Crippen molar-refractivity contribution in [2.75, 3.05) is 13.2 Å². The van der Waals surface area contributed by atoms with Crippen LogP contribution in [0.3, 0.4) is 0 Å². The first kappa shape index (κ1) is 25.0. The first-order valence-electron chi connectivity index (χ1n) is 10.8. The summed E-state index contributed by atoms with van der Waals surface area (Å²) in [6.07, 6.45) is 3.56. The third-order valence-electron chi connectivity index (χ3n) is 4.55. The van der Waals surface area contributed by atoms with Crippen molar-refractivity contribution in [2.45, 2.75) is 19.8 Å². The number of ether oxygens (including phenoxy) is 3. The highest BCUT2D eigenvalue weighted by atomic mass is 79.9. The third-order valence-corrected chi connectivity index (χ3v) is 5.24. The Balaban J connectivity index is 1.41. The standard InChI is InChI=1S/C26H25BrN2O5/c1-2-3-16-32-20-12-14-21(15-13-20)33-18-25(30)29-28-17-19-8-10-22(11-9-19)34-26(31)23-6-4-5-7-24(23)27/h4-15,17H,2-3,16,18H2,1H3,(H,29,30)/b28-17-. The van der Waals surface area contributed by atoms with E-state index in [0.29, 0.717) is 28.1 Å². The van der Waals surface area contributed by atoms with E-state index in [1.807, 2.05) is 6.07 Å². The predicted octanol–water partition coefficient (Wildman–Crippen LogP) is 5.38. The summed E-state index contributed by atoms with van der Waals surface area (Å²) in [6, 6.07) is 20.9. The lowest BCUT2D eigenvalue weighted by Crippen LogP contribution is -2.24. The second kappa shape index (κ2) is 13.2. The maximum absolute atomic E-state index is 12.3. The van der Waals surface area contributed by atoms with Crippen molar-refractivity contribution in [2.24, 2.45) is 5.10 Å². The van der Waals surface area contributed by atoms with Crippen molar-refractivity contribution in [3.05, 3.63) is 88.4 Å². The highest BCUT2D eigenvalue weighted by Crippen LogP contribution is 2.20. The average Bonchev–Trinajstić information content (AvgIpc) is 2.85. The summed E-state index contributed by atoms with van der Waals surface area (Å²) >= 11 is 3.33. The summed E-state index contributed by atoms with van der Waals surface area (Å²) in [7, 11) is 0. The molecule has 1 N–H and O–H groups in total. The van der Waals surface area contributed by atoms with Crippen LogP contribution in [0.25, 0.3) is 0 Å². The van der Waals surface area contributed by atoms with Gasteiger partial charge in [-0.1, -0.05) is 25.5 Å². The average molecular weight is 525 g/mol. The summed E-state index contributed by atoms with van der Waals surface area (Å²) in [5.41, 5.74) is 3.57. The minimum atomic E-state index is -0.459. The Hall–Kier alpha value is -3.65. The summed E-state index contributed by atoms with van der Waals surface area (Å²) in [5, 5.41) is 3.92. The van der Waals surface area contributed by atoms with Gasteiger partial charge in [-0.25, -0.2) is 10.2 Å². The van der Waals surface area contributed by atoms with Crippen LogP contribution in [0.4, 0.5) is 0 Å². The van der Waals surface area contributed by atoms with Crippen LogP contribution in [0.15, 0.2) is 82.4 Å². The van der Waals surface area contributed by atoms with Gasteiger partial charge in [0.05, 0.1) is 18.4 Å². The Morgan fingerprint density at radius 2 is 1.56 bits per heavy atom. The van der Waals surface area contributed by atoms with Crippen molar-refractivity contribution < 1.29 is 23.8 Å². The number of halogens is 1. The van der Waals surface area contributed by atoms with Crippen molar-refractivity contribution in [3.8, 4) is 17.2 Å². The van der Waals surface area contributed by atoms with Crippen LogP contribution in [0.2, 0.25) is 0 Å². The molecule has 1 amide bonds. The van der Waals surface area contributed by atoms with Gasteiger partial charge in [0.15, 0.2) is 6.61 Å². The number of nitrogens with zero attached hydrogens (tertiary/aromatic N) is 1. The van der Waals surface area contributed by atoms with Gasteiger partial charge in [-0.3, -0.25) is 4.79 Å². The number of rotatable bonds is 11. The minimum Gasteiger partial charge on any atom is -0.494 e. The Kier molecular flexibility index (Phi) is 9.66. The van der Waals surface area contributed by atoms with E-state index < -0.39 is 11.9 Å². The SMILES string of the molecule is CCCCOc1ccc(OCC(=O)N/N=C\c2ccc(OC(=O)c3ccccc3Br)cc2)cc1. The molecular formula is C26H25BrN2O5. The number of hydrogen-bond acceptors (Lipinski definition) is 6. The normalized spacial score (nSPS) is 10.6. The van der Waals surface area contributed by atoms with Crippen LogP contribution in [0, 0.1) is 0 Å². The number of nitrogens with one attached hydrogen (secondary N) is 1. The predicted molar refractivity (Wildman–Crippen MR) is 134 cm³/mol. The van der Waals surface area contributed by atoms with Gasteiger partial charge in [-0.2, -0.15) is 5.10 Å². The lowest BCUT2D eigenvalue weighted by Gasteiger charge is -2.08. The molecule has 0 heterocycles. The number of unbranched alkanes of at least 4 members (excludes halogenated alkanes) is 1. The maximum Gasteiger partial charge on any atom is 0.344 e. The molecule has 34 heavy (non-hydrogen) atoms. The number of esters is 1. The fraction of sp³-hybridized carbons (Fsp3) is 0.192. The van der Waals surface area contributed by atoms with E-state index in [1.54, 1.807) is 66.7 Å². The molecule has 3 rings (SSSR count). The van der Waals surface area contributed by atoms with Crippen molar-refractivity contribution in [1.29, 1.82) is 0 Å². The van der Waals surface area contributed by atoms with E-state index in [1.165, 1.54) is 6.21 Å². The first-order chi connectivity index (χ1) is 16.5. The number of hydrazone groups is 1. The fourth-order valence-corrected chi connectivity index (χ4v) is 3.18. The van der Waals surface area contributed by atoms with Gasteiger partial charge >= 0.3 is 5.97 Å². The molecule has 0 saturated heterocycles. The molecule has 0 aliphatic heterocycles. The van der Waals surface area contributed by atoms with Gasteiger partial charge < -0.3 is 14.2 Å². The zero-order valence-corrected chi connectivity index (χ0v) is 20.3. The quantitative estimate of drug-likeness (QED) is 0.120. The zero-order chi connectivity index (χ0) is 24.2. The first-order valence-corrected chi connectivity index (χ1v) is 11.6. The number of carbonyl (C=O) groups is 2. The smallest absolute Gasteiger partial charge is 0.344 e. The molecule has 0 atom stereocenters. The highest BCUT2D eigenvalue weighted by Gasteiger charge is 2.11. The van der Waals surface area contributed by atoms with Crippen molar-refractivity contribution in [3.63, 3.8) is 0 Å². The molecule has 3 aromatic rings. The second-order valence-corrected chi connectivity index (χ2v) is 8.05. The Morgan fingerprint density at radius 1 is 0.912 bits per heavy atom. The van der Waals surface area contributed by atoms with Crippen molar-refractivity contribution >= 4 is 34.0 Å². The van der Waals surface area contributed by atoms with Gasteiger partial charge in [0.1, 0.15) is 17.2 Å². The zero-order valence-electron chi connectivity index (χ0n) is 18.7. The van der Waals surface area contributed by atoms with Gasteiger partial charge in [-0.05, 0) is 88.6 Å². The third kappa shape index (κ3) is 8.04. The molecule has 0 aliphatic carbocycles. The van der Waals surface area contributed by atoms with Crippen LogP contribution in [0.5, 0.6) is 17.2 Å². The van der Waals surface area contributed by atoms with Crippen LogP contribution in [0.1, 0.15) is 35.7 Å². The molecular weight excluding hydrogens is 500 g/mol. The van der Waals surface area contributed by atoms with Gasteiger partial charge in [0.2, 0.25) is 0 Å². The van der Waals surface area contributed by atoms with Crippen LogP contribution < -0.4 is 19.6 Å². The van der Waals surface area contributed by atoms with E-state index in [9.17, 15) is 9.59 Å². The Bertz CT molecular complexity index is 1110. The Labute approximate surface area is 206 Å². The number of hydrogen-bond donors (Lipinski definition) is 1. The molecule has 0 radical (unpaired) electrons. The molecule has 0 aromatic heterocycles. The molecule has 0 saturated carbocycles. The summed E-state index contributed by atoms with van der Waals surface area (Å²) in [6.45, 7) is 2.62. The molecule has 8 heteroatoms. The minimum absolute atomic E-state index is 0.169. The summed E-state index contributed by atoms with van der Waals surface area (Å²) < 4.78 is 17.1. The fourth-order valence-electron chi connectivity index (χ4n) is 2.74. The van der Waals surface area contributed by atoms with Gasteiger partial charge in [-0.15, -0.1) is 0 Å². The number of benzene rings is 3. The number of amides is 1. The molecule has 0 fully saturated rings. The van der Waals surface area contributed by atoms with E-state index in [0.717, 1.165) is 24.2 Å². The van der Waals surface area contributed by atoms with Crippen LogP contribution in [-0.4, -0.2) is 31.3 Å². The Morgan fingerprint density at radius 3 is 2.24 bits per heavy atom. The molecule has 0 bridgehead atoms. The monoisotopic (exact) mass is 524 g/mol. The van der Waals surface area contributed by atoms with Crippen LogP contribution in [-0.2, 0) is 4.79 Å². The summed E-state index contributed by atoms with van der Waals surface area (Å²) in [5.74, 6) is 0.883. The lowest BCUT2D eigenvalue weighted by molar-refractivity contribution is -0.123. The molecule has 0 spiro atoms. The van der Waals surface area contributed by atoms with Crippen molar-refractivity contribution in [1.82, 2.24) is 5.43 Å². The molecule has 3 aromatic carbocycles. The van der Waals surface area contributed by atoms with Gasteiger partial charge in [0.25, 0.3) is 5.91 Å². The molecule has 7 nitrogen and oxygen atoms in total. The molecule has 0 unspecified atom stereocenters.